The molecule has 1 heterocycles. The maximum atomic E-state index is 6.42. The molecule has 1 aliphatic heterocycles. The summed E-state index contributed by atoms with van der Waals surface area (Å²) in [5, 5.41) is 0. The van der Waals surface area contributed by atoms with Crippen LogP contribution in [0.2, 0.25) is 0 Å². The Morgan fingerprint density at radius 2 is 2.05 bits per heavy atom. The van der Waals surface area contributed by atoms with Gasteiger partial charge in [0.15, 0.2) is 0 Å². The van der Waals surface area contributed by atoms with Gasteiger partial charge in [0.2, 0.25) is 0 Å². The largest absolute Gasteiger partial charge is 0.376 e. The Bertz CT molecular complexity index is 390. The summed E-state index contributed by atoms with van der Waals surface area (Å²) in [5.74, 6) is 0. The molecule has 1 fully saturated rings. The Morgan fingerprint density at radius 1 is 1.37 bits per heavy atom. The molecule has 0 saturated carbocycles. The molecule has 3 atom stereocenters. The highest BCUT2D eigenvalue weighted by atomic mass is 16.5. The Hall–Kier alpha value is -0.900. The summed E-state index contributed by atoms with van der Waals surface area (Å²) in [4.78, 5) is 2.44. The van der Waals surface area contributed by atoms with Gasteiger partial charge in [0, 0.05) is 25.2 Å². The number of rotatable bonds is 4. The maximum Gasteiger partial charge on any atom is 0.0674 e. The molecule has 1 saturated heterocycles. The molecular weight excluding hydrogens is 236 g/mol. The molecular formula is C16H26N2O. The van der Waals surface area contributed by atoms with E-state index in [-0.39, 0.29) is 6.04 Å². The van der Waals surface area contributed by atoms with Gasteiger partial charge in [0.1, 0.15) is 0 Å². The van der Waals surface area contributed by atoms with Gasteiger partial charge in [-0.25, -0.2) is 0 Å². The quantitative estimate of drug-likeness (QED) is 0.905. The van der Waals surface area contributed by atoms with Crippen molar-refractivity contribution in [1.29, 1.82) is 0 Å². The molecule has 19 heavy (non-hydrogen) atoms. The number of benzene rings is 1. The molecule has 0 spiro atoms. The Morgan fingerprint density at radius 3 is 2.63 bits per heavy atom. The van der Waals surface area contributed by atoms with Crippen molar-refractivity contribution in [2.24, 2.45) is 5.73 Å². The van der Waals surface area contributed by atoms with Gasteiger partial charge in [-0.15, -0.1) is 0 Å². The van der Waals surface area contributed by atoms with Crippen molar-refractivity contribution in [3.05, 3.63) is 35.4 Å². The van der Waals surface area contributed by atoms with Crippen LogP contribution in [0.5, 0.6) is 0 Å². The van der Waals surface area contributed by atoms with E-state index < -0.39 is 0 Å². The van der Waals surface area contributed by atoms with Crippen LogP contribution in [-0.4, -0.2) is 36.7 Å². The van der Waals surface area contributed by atoms with Crippen LogP contribution in [0.4, 0.5) is 0 Å². The highest BCUT2D eigenvalue weighted by molar-refractivity contribution is 5.25. The molecule has 3 heteroatoms. The van der Waals surface area contributed by atoms with Crippen LogP contribution < -0.4 is 5.73 Å². The van der Waals surface area contributed by atoms with Crippen LogP contribution in [0.1, 0.15) is 37.9 Å². The number of nitrogens with two attached hydrogens (primary N) is 1. The first-order valence-electron chi connectivity index (χ1n) is 7.32. The number of morpholine rings is 1. The summed E-state index contributed by atoms with van der Waals surface area (Å²) >= 11 is 0. The Kier molecular flexibility index (Phi) is 4.97. The molecule has 106 valence electrons. The van der Waals surface area contributed by atoms with Crippen LogP contribution in [0.3, 0.4) is 0 Å². The van der Waals surface area contributed by atoms with Crippen molar-refractivity contribution in [2.45, 2.75) is 45.4 Å². The second kappa shape index (κ2) is 6.51. The smallest absolute Gasteiger partial charge is 0.0674 e. The second-order valence-corrected chi connectivity index (χ2v) is 5.54. The van der Waals surface area contributed by atoms with Crippen LogP contribution in [-0.2, 0) is 11.2 Å². The topological polar surface area (TPSA) is 38.5 Å². The lowest BCUT2D eigenvalue weighted by atomic mass is 9.98. The van der Waals surface area contributed by atoms with E-state index >= 15 is 0 Å². The zero-order valence-corrected chi connectivity index (χ0v) is 12.3. The SMILES string of the molecule is CCc1ccc(C(N)C(C)N2CCOC(C)C2)cc1. The van der Waals surface area contributed by atoms with Crippen molar-refractivity contribution in [2.75, 3.05) is 19.7 Å². The van der Waals surface area contributed by atoms with Crippen LogP contribution in [0.25, 0.3) is 0 Å². The number of ether oxygens (including phenoxy) is 1. The number of aryl methyl sites for hydroxylation is 1. The molecule has 3 nitrogen and oxygen atoms in total. The highest BCUT2D eigenvalue weighted by Gasteiger charge is 2.26. The van der Waals surface area contributed by atoms with Gasteiger partial charge in [0.25, 0.3) is 0 Å². The van der Waals surface area contributed by atoms with Gasteiger partial charge in [-0.1, -0.05) is 31.2 Å². The predicted molar refractivity (Wildman–Crippen MR) is 79.2 cm³/mol. The van der Waals surface area contributed by atoms with E-state index in [9.17, 15) is 0 Å². The normalized spacial score (nSPS) is 24.1. The van der Waals surface area contributed by atoms with Crippen LogP contribution in [0.15, 0.2) is 24.3 Å². The van der Waals surface area contributed by atoms with Gasteiger partial charge in [-0.05, 0) is 31.4 Å². The molecule has 0 aliphatic carbocycles. The van der Waals surface area contributed by atoms with Crippen molar-refractivity contribution < 1.29 is 4.74 Å². The van der Waals surface area contributed by atoms with Crippen molar-refractivity contribution in [3.8, 4) is 0 Å². The standard InChI is InChI=1S/C16H26N2O/c1-4-14-5-7-15(8-6-14)16(17)13(3)18-9-10-19-12(2)11-18/h5-8,12-13,16H,4,9-11,17H2,1-3H3. The third-order valence-corrected chi connectivity index (χ3v) is 4.14. The van der Waals surface area contributed by atoms with E-state index in [0.29, 0.717) is 12.1 Å². The van der Waals surface area contributed by atoms with E-state index in [1.165, 1.54) is 11.1 Å². The number of nitrogens with zero attached hydrogens (tertiary/aromatic N) is 1. The lowest BCUT2D eigenvalue weighted by Gasteiger charge is -2.38. The molecule has 2 rings (SSSR count). The highest BCUT2D eigenvalue weighted by Crippen LogP contribution is 2.21. The van der Waals surface area contributed by atoms with Crippen LogP contribution >= 0.6 is 0 Å². The van der Waals surface area contributed by atoms with Crippen molar-refractivity contribution in [1.82, 2.24) is 4.90 Å². The van der Waals surface area contributed by atoms with Gasteiger partial charge in [0.05, 0.1) is 12.7 Å². The number of hydrogen-bond acceptors (Lipinski definition) is 3. The minimum absolute atomic E-state index is 0.0659. The minimum atomic E-state index is 0.0659. The van der Waals surface area contributed by atoms with Gasteiger partial charge in [-0.3, -0.25) is 4.90 Å². The lowest BCUT2D eigenvalue weighted by Crippen LogP contribution is -2.49. The van der Waals surface area contributed by atoms with E-state index in [1.54, 1.807) is 0 Å². The first-order valence-corrected chi connectivity index (χ1v) is 7.32. The summed E-state index contributed by atoms with van der Waals surface area (Å²) in [6, 6.07) is 9.12. The Balaban J connectivity index is 2.02. The maximum absolute atomic E-state index is 6.42. The Labute approximate surface area is 116 Å². The summed E-state index contributed by atoms with van der Waals surface area (Å²) in [7, 11) is 0. The second-order valence-electron chi connectivity index (χ2n) is 5.54. The molecule has 1 aliphatic rings. The van der Waals surface area contributed by atoms with E-state index in [2.05, 4.69) is 49.9 Å². The molecule has 0 radical (unpaired) electrons. The molecule has 1 aromatic carbocycles. The van der Waals surface area contributed by atoms with Gasteiger partial charge >= 0.3 is 0 Å². The third kappa shape index (κ3) is 3.56. The first kappa shape index (κ1) is 14.5. The zero-order valence-electron chi connectivity index (χ0n) is 12.3. The summed E-state index contributed by atoms with van der Waals surface area (Å²) in [6.45, 7) is 9.28. The van der Waals surface area contributed by atoms with Gasteiger partial charge in [-0.2, -0.15) is 0 Å². The zero-order chi connectivity index (χ0) is 13.8. The van der Waals surface area contributed by atoms with E-state index in [0.717, 1.165) is 26.1 Å². The average Bonchev–Trinajstić information content (AvgIpc) is 2.46. The molecule has 0 aromatic heterocycles. The fourth-order valence-corrected chi connectivity index (χ4v) is 2.70. The van der Waals surface area contributed by atoms with Crippen molar-refractivity contribution in [3.63, 3.8) is 0 Å². The fourth-order valence-electron chi connectivity index (χ4n) is 2.70. The minimum Gasteiger partial charge on any atom is -0.376 e. The molecule has 3 unspecified atom stereocenters. The average molecular weight is 262 g/mol. The van der Waals surface area contributed by atoms with Crippen LogP contribution in [0, 0.1) is 0 Å². The van der Waals surface area contributed by atoms with Gasteiger partial charge < -0.3 is 10.5 Å². The summed E-state index contributed by atoms with van der Waals surface area (Å²) in [6.07, 6.45) is 1.39. The predicted octanol–water partition coefficient (Wildman–Crippen LogP) is 2.36. The molecule has 0 bridgehead atoms. The van der Waals surface area contributed by atoms with E-state index in [4.69, 9.17) is 10.5 Å². The van der Waals surface area contributed by atoms with Crippen molar-refractivity contribution >= 4 is 0 Å². The molecule has 2 N–H and O–H groups in total. The third-order valence-electron chi connectivity index (χ3n) is 4.14. The lowest BCUT2D eigenvalue weighted by molar-refractivity contribution is -0.0350. The molecule has 1 aromatic rings. The summed E-state index contributed by atoms with van der Waals surface area (Å²) < 4.78 is 5.59. The van der Waals surface area contributed by atoms with E-state index in [1.807, 2.05) is 0 Å². The molecule has 0 amide bonds. The summed E-state index contributed by atoms with van der Waals surface area (Å²) in [5.41, 5.74) is 9.01. The number of hydrogen-bond donors (Lipinski definition) is 1. The monoisotopic (exact) mass is 262 g/mol. The first-order chi connectivity index (χ1) is 9.11. The fraction of sp³-hybridized carbons (Fsp3) is 0.625.